The molecule has 1 aliphatic heterocycles. The lowest BCUT2D eigenvalue weighted by Crippen LogP contribution is -2.34. The van der Waals surface area contributed by atoms with Gasteiger partial charge in [-0.2, -0.15) is 0 Å². The zero-order chi connectivity index (χ0) is 14.2. The van der Waals surface area contributed by atoms with Crippen LogP contribution in [0.4, 0.5) is 0 Å². The molecule has 0 saturated carbocycles. The molecule has 3 nitrogen and oxygen atoms in total. The Morgan fingerprint density at radius 1 is 1.35 bits per heavy atom. The normalized spacial score (nSPS) is 20.0. The molecule has 20 heavy (non-hydrogen) atoms. The maximum Gasteiger partial charge on any atom is 0.119 e. The molecule has 0 spiro atoms. The zero-order valence-corrected chi connectivity index (χ0v) is 12.7. The molecule has 2 atom stereocenters. The van der Waals surface area contributed by atoms with Crippen molar-refractivity contribution in [3.05, 3.63) is 29.8 Å². The lowest BCUT2D eigenvalue weighted by atomic mass is 10.1. The van der Waals surface area contributed by atoms with Crippen LogP contribution >= 0.6 is 0 Å². The lowest BCUT2D eigenvalue weighted by molar-refractivity contribution is 0.106. The molecule has 0 aromatic heterocycles. The molecule has 1 aliphatic rings. The van der Waals surface area contributed by atoms with Crippen LogP contribution in [0, 0.1) is 0 Å². The van der Waals surface area contributed by atoms with Crippen LogP contribution in [0.2, 0.25) is 0 Å². The Labute approximate surface area is 122 Å². The van der Waals surface area contributed by atoms with E-state index in [4.69, 9.17) is 9.47 Å². The van der Waals surface area contributed by atoms with Gasteiger partial charge >= 0.3 is 0 Å². The van der Waals surface area contributed by atoms with Gasteiger partial charge in [0, 0.05) is 19.7 Å². The van der Waals surface area contributed by atoms with Crippen molar-refractivity contribution in [1.29, 1.82) is 0 Å². The SMILES string of the molecule is CCCc1ccc(OC(C)CNCC2CCCO2)cc1. The van der Waals surface area contributed by atoms with E-state index in [-0.39, 0.29) is 6.10 Å². The van der Waals surface area contributed by atoms with E-state index in [2.05, 4.69) is 43.4 Å². The molecule has 1 aromatic carbocycles. The summed E-state index contributed by atoms with van der Waals surface area (Å²) in [4.78, 5) is 0. The third kappa shape index (κ3) is 5.14. The molecular formula is C17H27NO2. The van der Waals surface area contributed by atoms with E-state index in [0.717, 1.165) is 31.9 Å². The first-order chi connectivity index (χ1) is 9.78. The summed E-state index contributed by atoms with van der Waals surface area (Å²) in [5.74, 6) is 0.955. The molecule has 0 bridgehead atoms. The van der Waals surface area contributed by atoms with Crippen molar-refractivity contribution < 1.29 is 9.47 Å². The maximum absolute atomic E-state index is 5.91. The highest BCUT2D eigenvalue weighted by atomic mass is 16.5. The average Bonchev–Trinajstić information content (AvgIpc) is 2.94. The van der Waals surface area contributed by atoms with Gasteiger partial charge in [0.15, 0.2) is 0 Å². The van der Waals surface area contributed by atoms with Gasteiger partial charge in [0.05, 0.1) is 6.10 Å². The van der Waals surface area contributed by atoms with Crippen molar-refractivity contribution in [2.45, 2.75) is 51.7 Å². The highest BCUT2D eigenvalue weighted by Gasteiger charge is 2.15. The molecule has 1 fully saturated rings. The van der Waals surface area contributed by atoms with Crippen molar-refractivity contribution in [3.8, 4) is 5.75 Å². The number of rotatable bonds is 8. The van der Waals surface area contributed by atoms with E-state index in [0.29, 0.717) is 6.10 Å². The molecule has 1 heterocycles. The highest BCUT2D eigenvalue weighted by molar-refractivity contribution is 5.27. The van der Waals surface area contributed by atoms with Gasteiger partial charge in [-0.1, -0.05) is 25.5 Å². The summed E-state index contributed by atoms with van der Waals surface area (Å²) >= 11 is 0. The molecule has 1 saturated heterocycles. The van der Waals surface area contributed by atoms with Crippen molar-refractivity contribution >= 4 is 0 Å². The number of hydrogen-bond donors (Lipinski definition) is 1. The Morgan fingerprint density at radius 2 is 2.15 bits per heavy atom. The Balaban J connectivity index is 1.66. The van der Waals surface area contributed by atoms with E-state index in [1.165, 1.54) is 24.8 Å². The number of hydrogen-bond acceptors (Lipinski definition) is 3. The third-order valence-corrected chi connectivity index (χ3v) is 3.63. The lowest BCUT2D eigenvalue weighted by Gasteiger charge is -2.17. The molecule has 0 aliphatic carbocycles. The van der Waals surface area contributed by atoms with Crippen molar-refractivity contribution in [3.63, 3.8) is 0 Å². The fraction of sp³-hybridized carbons (Fsp3) is 0.647. The first-order valence-electron chi connectivity index (χ1n) is 7.86. The summed E-state index contributed by atoms with van der Waals surface area (Å²) in [6.45, 7) is 7.01. The van der Waals surface area contributed by atoms with Crippen molar-refractivity contribution in [2.24, 2.45) is 0 Å². The number of aryl methyl sites for hydroxylation is 1. The van der Waals surface area contributed by atoms with E-state index in [9.17, 15) is 0 Å². The summed E-state index contributed by atoms with van der Waals surface area (Å²) in [6.07, 6.45) is 5.27. The number of nitrogens with one attached hydrogen (secondary N) is 1. The van der Waals surface area contributed by atoms with E-state index >= 15 is 0 Å². The van der Waals surface area contributed by atoms with Crippen LogP contribution in [0.25, 0.3) is 0 Å². The predicted octanol–water partition coefficient (Wildman–Crippen LogP) is 3.18. The molecule has 112 valence electrons. The summed E-state index contributed by atoms with van der Waals surface area (Å²) in [5.41, 5.74) is 1.38. The molecule has 1 aromatic rings. The summed E-state index contributed by atoms with van der Waals surface area (Å²) < 4.78 is 11.5. The number of benzene rings is 1. The Kier molecular flexibility index (Phi) is 6.34. The average molecular weight is 277 g/mol. The molecule has 2 rings (SSSR count). The van der Waals surface area contributed by atoms with E-state index in [1.807, 2.05) is 0 Å². The Bertz CT molecular complexity index is 371. The van der Waals surface area contributed by atoms with Crippen LogP contribution in [-0.4, -0.2) is 31.9 Å². The second kappa shape index (κ2) is 8.28. The predicted molar refractivity (Wildman–Crippen MR) is 82.4 cm³/mol. The van der Waals surface area contributed by atoms with Gasteiger partial charge in [0.1, 0.15) is 11.9 Å². The minimum absolute atomic E-state index is 0.174. The molecule has 3 heteroatoms. The second-order valence-corrected chi connectivity index (χ2v) is 5.62. The fourth-order valence-corrected chi connectivity index (χ4v) is 2.55. The third-order valence-electron chi connectivity index (χ3n) is 3.63. The van der Waals surface area contributed by atoms with Crippen LogP contribution < -0.4 is 10.1 Å². The first-order valence-corrected chi connectivity index (χ1v) is 7.86. The highest BCUT2D eigenvalue weighted by Crippen LogP contribution is 2.15. The monoisotopic (exact) mass is 277 g/mol. The summed E-state index contributed by atoms with van der Waals surface area (Å²) in [5, 5.41) is 3.43. The van der Waals surface area contributed by atoms with Crippen LogP contribution in [0.15, 0.2) is 24.3 Å². The van der Waals surface area contributed by atoms with Gasteiger partial charge in [-0.25, -0.2) is 0 Å². The van der Waals surface area contributed by atoms with Gasteiger partial charge in [-0.15, -0.1) is 0 Å². The van der Waals surface area contributed by atoms with E-state index < -0.39 is 0 Å². The smallest absolute Gasteiger partial charge is 0.119 e. The second-order valence-electron chi connectivity index (χ2n) is 5.62. The fourth-order valence-electron chi connectivity index (χ4n) is 2.55. The van der Waals surface area contributed by atoms with Crippen molar-refractivity contribution in [2.75, 3.05) is 19.7 Å². The first kappa shape index (κ1) is 15.3. The maximum atomic E-state index is 5.91. The molecule has 2 unspecified atom stereocenters. The summed E-state index contributed by atoms with van der Waals surface area (Å²) in [7, 11) is 0. The summed E-state index contributed by atoms with van der Waals surface area (Å²) in [6, 6.07) is 8.46. The van der Waals surface area contributed by atoms with Gasteiger partial charge in [0.25, 0.3) is 0 Å². The van der Waals surface area contributed by atoms with Crippen LogP contribution in [-0.2, 0) is 11.2 Å². The van der Waals surface area contributed by atoms with Gasteiger partial charge in [-0.3, -0.25) is 0 Å². The van der Waals surface area contributed by atoms with Crippen LogP contribution in [0.5, 0.6) is 5.75 Å². The van der Waals surface area contributed by atoms with Crippen LogP contribution in [0.3, 0.4) is 0 Å². The van der Waals surface area contributed by atoms with E-state index in [1.54, 1.807) is 0 Å². The molecule has 0 radical (unpaired) electrons. The topological polar surface area (TPSA) is 30.5 Å². The van der Waals surface area contributed by atoms with Gasteiger partial charge in [-0.05, 0) is 43.9 Å². The van der Waals surface area contributed by atoms with Crippen molar-refractivity contribution in [1.82, 2.24) is 5.32 Å². The van der Waals surface area contributed by atoms with Gasteiger partial charge < -0.3 is 14.8 Å². The molecular weight excluding hydrogens is 250 g/mol. The minimum Gasteiger partial charge on any atom is -0.489 e. The Hall–Kier alpha value is -1.06. The van der Waals surface area contributed by atoms with Gasteiger partial charge in [0.2, 0.25) is 0 Å². The number of ether oxygens (including phenoxy) is 2. The largest absolute Gasteiger partial charge is 0.489 e. The standard InChI is InChI=1S/C17H27NO2/c1-3-5-15-7-9-16(10-8-15)20-14(2)12-18-13-17-6-4-11-19-17/h7-10,14,17-18H,3-6,11-13H2,1-2H3. The zero-order valence-electron chi connectivity index (χ0n) is 12.7. The quantitative estimate of drug-likeness (QED) is 0.791. The molecule has 0 amide bonds. The minimum atomic E-state index is 0.174. The Morgan fingerprint density at radius 3 is 2.80 bits per heavy atom. The van der Waals surface area contributed by atoms with Crippen LogP contribution in [0.1, 0.15) is 38.7 Å². The molecule has 1 N–H and O–H groups in total.